The van der Waals surface area contributed by atoms with Crippen molar-refractivity contribution in [3.63, 3.8) is 0 Å². The smallest absolute Gasteiger partial charge is 0.171 e. The lowest BCUT2D eigenvalue weighted by Gasteiger charge is -2.35. The second-order valence-corrected chi connectivity index (χ2v) is 7.72. The molecule has 6 nitrogen and oxygen atoms in total. The number of anilines is 2. The summed E-state index contributed by atoms with van der Waals surface area (Å²) in [6.45, 7) is 5.11. The lowest BCUT2D eigenvalue weighted by Crippen LogP contribution is -2.35. The minimum Gasteiger partial charge on any atom is -0.380 e. The van der Waals surface area contributed by atoms with Crippen LogP contribution in [0.25, 0.3) is 11.0 Å². The molecular formula is C21H26N6. The van der Waals surface area contributed by atoms with Crippen molar-refractivity contribution in [1.29, 1.82) is 0 Å². The monoisotopic (exact) mass is 362 g/mol. The average Bonchev–Trinajstić information content (AvgIpc) is 3.09. The summed E-state index contributed by atoms with van der Waals surface area (Å²) in [4.78, 5) is 9.98. The van der Waals surface area contributed by atoms with Crippen LogP contribution in [0.1, 0.15) is 36.0 Å². The molecule has 0 saturated carbocycles. The van der Waals surface area contributed by atoms with Gasteiger partial charge < -0.3 is 10.6 Å². The van der Waals surface area contributed by atoms with E-state index < -0.39 is 0 Å². The van der Waals surface area contributed by atoms with Crippen molar-refractivity contribution in [1.82, 2.24) is 20.1 Å². The number of piperidine rings is 1. The number of rotatable bonds is 3. The Balaban J connectivity index is 1.54. The van der Waals surface area contributed by atoms with Crippen molar-refractivity contribution in [2.24, 2.45) is 0 Å². The number of aromatic nitrogens is 3. The second kappa shape index (κ2) is 6.85. The third-order valence-corrected chi connectivity index (χ3v) is 5.89. The van der Waals surface area contributed by atoms with Gasteiger partial charge in [0, 0.05) is 38.3 Å². The van der Waals surface area contributed by atoms with Crippen molar-refractivity contribution in [2.45, 2.75) is 38.8 Å². The van der Waals surface area contributed by atoms with Crippen LogP contribution < -0.4 is 10.6 Å². The van der Waals surface area contributed by atoms with E-state index >= 15 is 0 Å². The number of benzene rings is 1. The Morgan fingerprint density at radius 1 is 1.00 bits per heavy atom. The highest BCUT2D eigenvalue weighted by Crippen LogP contribution is 2.35. The molecule has 2 aromatic heterocycles. The fourth-order valence-corrected chi connectivity index (χ4v) is 4.49. The van der Waals surface area contributed by atoms with E-state index in [-0.39, 0.29) is 0 Å². The van der Waals surface area contributed by atoms with E-state index in [1.54, 1.807) is 0 Å². The lowest BCUT2D eigenvalue weighted by molar-refractivity contribution is 0.246. The first-order valence-electron chi connectivity index (χ1n) is 9.96. The van der Waals surface area contributed by atoms with Crippen molar-refractivity contribution in [2.75, 3.05) is 30.3 Å². The van der Waals surface area contributed by atoms with E-state index in [1.165, 1.54) is 36.0 Å². The van der Waals surface area contributed by atoms with Gasteiger partial charge >= 0.3 is 0 Å². The fourth-order valence-electron chi connectivity index (χ4n) is 4.49. The molecule has 3 N–H and O–H groups in total. The number of hydrogen-bond donors (Lipinski definition) is 2. The number of hydrogen-bond acceptors (Lipinski definition) is 5. The van der Waals surface area contributed by atoms with Crippen molar-refractivity contribution >= 4 is 22.7 Å². The fraction of sp³-hybridized carbons (Fsp3) is 0.429. The molecule has 0 radical (unpaired) electrons. The van der Waals surface area contributed by atoms with Crippen LogP contribution in [0.5, 0.6) is 0 Å². The third-order valence-electron chi connectivity index (χ3n) is 5.89. The van der Waals surface area contributed by atoms with Crippen molar-refractivity contribution < 1.29 is 0 Å². The Kier molecular flexibility index (Phi) is 4.20. The van der Waals surface area contributed by atoms with Crippen LogP contribution in [0, 0.1) is 0 Å². The van der Waals surface area contributed by atoms with E-state index in [9.17, 15) is 0 Å². The van der Waals surface area contributed by atoms with Gasteiger partial charge in [0.1, 0.15) is 11.3 Å². The van der Waals surface area contributed by atoms with Gasteiger partial charge in [0.05, 0.1) is 5.52 Å². The molecule has 1 aromatic carbocycles. The van der Waals surface area contributed by atoms with Gasteiger partial charge in [0.15, 0.2) is 5.82 Å². The molecule has 0 spiro atoms. The first-order valence-corrected chi connectivity index (χ1v) is 9.96. The highest BCUT2D eigenvalue weighted by Gasteiger charge is 2.27. The van der Waals surface area contributed by atoms with Crippen molar-refractivity contribution in [3.05, 3.63) is 47.0 Å². The normalized spacial score (nSPS) is 18.0. The molecule has 1 saturated heterocycles. The van der Waals surface area contributed by atoms with E-state index in [0.29, 0.717) is 5.82 Å². The number of nitrogens with two attached hydrogens (primary N) is 1. The summed E-state index contributed by atoms with van der Waals surface area (Å²) in [5.74, 6) is 1.64. The summed E-state index contributed by atoms with van der Waals surface area (Å²) in [6, 6.07) is 10.7. The molecule has 0 unspecified atom stereocenters. The van der Waals surface area contributed by atoms with E-state index in [2.05, 4.69) is 50.3 Å². The number of nitrogen functional groups attached to an aromatic ring is 1. The van der Waals surface area contributed by atoms with Gasteiger partial charge in [-0.15, -0.1) is 0 Å². The van der Waals surface area contributed by atoms with Crippen LogP contribution >= 0.6 is 0 Å². The minimum atomic E-state index is 0.512. The van der Waals surface area contributed by atoms with Crippen LogP contribution in [0.3, 0.4) is 0 Å². The molecule has 6 heteroatoms. The van der Waals surface area contributed by atoms with Gasteiger partial charge in [-0.2, -0.15) is 5.10 Å². The van der Waals surface area contributed by atoms with Crippen LogP contribution in [0.15, 0.2) is 30.3 Å². The topological polar surface area (TPSA) is 74.1 Å². The molecule has 2 aliphatic heterocycles. The first kappa shape index (κ1) is 16.6. The zero-order valence-corrected chi connectivity index (χ0v) is 15.6. The average molecular weight is 362 g/mol. The van der Waals surface area contributed by atoms with Crippen LogP contribution in [0.4, 0.5) is 11.6 Å². The van der Waals surface area contributed by atoms with Gasteiger partial charge in [-0.05, 0) is 36.8 Å². The van der Waals surface area contributed by atoms with Gasteiger partial charge in [-0.3, -0.25) is 10.00 Å². The Labute approximate surface area is 159 Å². The quantitative estimate of drug-likeness (QED) is 0.749. The van der Waals surface area contributed by atoms with Gasteiger partial charge in [0.25, 0.3) is 0 Å². The zero-order valence-electron chi connectivity index (χ0n) is 15.6. The Hall–Kier alpha value is -2.60. The molecule has 4 heterocycles. The minimum absolute atomic E-state index is 0.512. The molecule has 0 bridgehead atoms. The molecular weight excluding hydrogens is 336 g/mol. The largest absolute Gasteiger partial charge is 0.380 e. The lowest BCUT2D eigenvalue weighted by atomic mass is 9.97. The first-order chi connectivity index (χ1) is 13.3. The molecule has 5 rings (SSSR count). The molecule has 0 aliphatic carbocycles. The summed E-state index contributed by atoms with van der Waals surface area (Å²) >= 11 is 0. The maximum Gasteiger partial charge on any atom is 0.171 e. The van der Waals surface area contributed by atoms with E-state index in [0.717, 1.165) is 56.0 Å². The molecule has 2 aliphatic rings. The van der Waals surface area contributed by atoms with Crippen LogP contribution in [0.2, 0.25) is 0 Å². The van der Waals surface area contributed by atoms with Crippen LogP contribution in [-0.4, -0.2) is 39.7 Å². The summed E-state index contributed by atoms with van der Waals surface area (Å²) in [5.41, 5.74) is 12.0. The Morgan fingerprint density at radius 2 is 1.81 bits per heavy atom. The molecule has 140 valence electrons. The summed E-state index contributed by atoms with van der Waals surface area (Å²) in [5, 5.41) is 7.37. The molecule has 0 atom stereocenters. The molecule has 3 aromatic rings. The van der Waals surface area contributed by atoms with Gasteiger partial charge in [-0.25, -0.2) is 4.98 Å². The summed E-state index contributed by atoms with van der Waals surface area (Å²) < 4.78 is 0. The van der Waals surface area contributed by atoms with Crippen LogP contribution in [-0.2, 0) is 19.5 Å². The predicted octanol–water partition coefficient (Wildman–Crippen LogP) is 3.09. The van der Waals surface area contributed by atoms with Gasteiger partial charge in [-0.1, -0.05) is 30.3 Å². The number of H-pyrrole nitrogens is 1. The Morgan fingerprint density at radius 3 is 2.63 bits per heavy atom. The van der Waals surface area contributed by atoms with Gasteiger partial charge in [0.2, 0.25) is 0 Å². The number of fused-ring (bicyclic) bond motifs is 3. The molecule has 27 heavy (non-hydrogen) atoms. The maximum atomic E-state index is 6.10. The standard InChI is InChI=1S/C21H26N6/c22-20-19-18(24-25-20)16-9-12-26(13-15-7-3-1-4-8-15)14-17(16)21(23-19)27-10-5-2-6-11-27/h1,3-4,7-8H,2,5-6,9-14H2,(H3,22,24,25). The summed E-state index contributed by atoms with van der Waals surface area (Å²) in [6.07, 6.45) is 4.80. The highest BCUT2D eigenvalue weighted by molar-refractivity contribution is 5.90. The summed E-state index contributed by atoms with van der Waals surface area (Å²) in [7, 11) is 0. The molecule has 1 fully saturated rings. The second-order valence-electron chi connectivity index (χ2n) is 7.72. The molecule has 0 amide bonds. The maximum absolute atomic E-state index is 6.10. The van der Waals surface area contributed by atoms with Crippen molar-refractivity contribution in [3.8, 4) is 0 Å². The van der Waals surface area contributed by atoms with E-state index in [4.69, 9.17) is 10.7 Å². The Bertz CT molecular complexity index is 942. The third kappa shape index (κ3) is 3.04. The number of pyridine rings is 1. The number of nitrogens with zero attached hydrogens (tertiary/aromatic N) is 4. The number of nitrogens with one attached hydrogen (secondary N) is 1. The predicted molar refractivity (Wildman–Crippen MR) is 109 cm³/mol. The van der Waals surface area contributed by atoms with E-state index in [1.807, 2.05) is 0 Å². The number of aromatic amines is 1. The highest BCUT2D eigenvalue weighted by atomic mass is 15.2. The SMILES string of the molecule is Nc1n[nH]c2c3c(c(N4CCCCC4)nc12)CN(Cc1ccccc1)CC3. The zero-order chi connectivity index (χ0) is 18.2.